The van der Waals surface area contributed by atoms with Crippen molar-refractivity contribution < 1.29 is 9.59 Å². The second-order valence-electron chi connectivity index (χ2n) is 8.67. The third kappa shape index (κ3) is 9.40. The molecule has 0 aliphatic carbocycles. The molecule has 36 heavy (non-hydrogen) atoms. The summed E-state index contributed by atoms with van der Waals surface area (Å²) in [4.78, 5) is 28.9. The zero-order chi connectivity index (χ0) is 25.6. The van der Waals surface area contributed by atoms with Crippen molar-refractivity contribution in [3.63, 3.8) is 0 Å². The molecule has 0 radical (unpaired) electrons. The van der Waals surface area contributed by atoms with E-state index >= 15 is 0 Å². The van der Waals surface area contributed by atoms with Crippen LogP contribution >= 0.6 is 23.5 Å². The summed E-state index contributed by atoms with van der Waals surface area (Å²) in [5.74, 6) is 0.688. The van der Waals surface area contributed by atoms with E-state index in [1.165, 1.54) is 35.5 Å². The summed E-state index contributed by atoms with van der Waals surface area (Å²) >= 11 is 3.63. The van der Waals surface area contributed by atoms with E-state index in [1.807, 2.05) is 102 Å². The number of amides is 2. The number of anilines is 2. The molecule has 0 bridgehead atoms. The van der Waals surface area contributed by atoms with Gasteiger partial charge in [-0.05, 0) is 84.9 Å². The number of rotatable bonds is 14. The van der Waals surface area contributed by atoms with Crippen LogP contribution in [0.25, 0.3) is 0 Å². The lowest BCUT2D eigenvalue weighted by atomic mass is 9.97. The number of hydrogen-bond acceptors (Lipinski definition) is 4. The average Bonchev–Trinajstić information content (AvgIpc) is 2.90. The van der Waals surface area contributed by atoms with Crippen LogP contribution < -0.4 is 10.6 Å². The Labute approximate surface area is 224 Å². The Morgan fingerprint density at radius 1 is 0.667 bits per heavy atom. The summed E-state index contributed by atoms with van der Waals surface area (Å²) in [5, 5.41) is 5.90. The maximum Gasteiger partial charge on any atom is 0.237 e. The summed E-state index contributed by atoms with van der Waals surface area (Å²) in [6.07, 6.45) is 5.04. The zero-order valence-corrected chi connectivity index (χ0v) is 22.8. The minimum atomic E-state index is -0.857. The van der Waals surface area contributed by atoms with Gasteiger partial charge >= 0.3 is 0 Å². The molecule has 0 heterocycles. The molecule has 0 saturated heterocycles. The third-order valence-corrected chi connectivity index (χ3v) is 7.89. The molecule has 2 amide bonds. The molecule has 0 aliphatic heterocycles. The molecule has 0 aromatic heterocycles. The smallest absolute Gasteiger partial charge is 0.237 e. The molecular weight excluding hydrogens is 484 g/mol. The van der Waals surface area contributed by atoms with Gasteiger partial charge in [0.2, 0.25) is 11.8 Å². The van der Waals surface area contributed by atoms with E-state index in [0.29, 0.717) is 17.8 Å². The molecule has 190 valence electrons. The second-order valence-corrected chi connectivity index (χ2v) is 11.0. The SMILES string of the molecule is CCCCSc1ccc(NC(=O)C(Cc2ccccc2)C(=O)Nc2ccc(SCCCC)cc2)cc1. The number of unbranched alkanes of at least 4 members (excludes halogenated alkanes) is 2. The van der Waals surface area contributed by atoms with Crippen LogP contribution in [0.4, 0.5) is 11.4 Å². The predicted molar refractivity (Wildman–Crippen MR) is 155 cm³/mol. The molecular formula is C30H36N2O2S2. The number of nitrogens with one attached hydrogen (secondary N) is 2. The van der Waals surface area contributed by atoms with Gasteiger partial charge in [0.05, 0.1) is 0 Å². The number of thioether (sulfide) groups is 2. The first kappa shape index (κ1) is 27.9. The highest BCUT2D eigenvalue weighted by molar-refractivity contribution is 7.99. The van der Waals surface area contributed by atoms with Crippen molar-refractivity contribution in [3.8, 4) is 0 Å². The fourth-order valence-electron chi connectivity index (χ4n) is 3.55. The van der Waals surface area contributed by atoms with Crippen LogP contribution in [0.5, 0.6) is 0 Å². The fourth-order valence-corrected chi connectivity index (χ4v) is 5.55. The minimum Gasteiger partial charge on any atom is -0.325 e. The summed E-state index contributed by atoms with van der Waals surface area (Å²) in [6, 6.07) is 25.3. The number of carbonyl (C=O) groups excluding carboxylic acids is 2. The van der Waals surface area contributed by atoms with Crippen LogP contribution in [-0.2, 0) is 16.0 Å². The van der Waals surface area contributed by atoms with Gasteiger partial charge in [0.25, 0.3) is 0 Å². The van der Waals surface area contributed by atoms with Gasteiger partial charge in [0, 0.05) is 21.2 Å². The molecule has 3 aromatic carbocycles. The Hall–Kier alpha value is -2.70. The van der Waals surface area contributed by atoms with Crippen molar-refractivity contribution in [1.29, 1.82) is 0 Å². The van der Waals surface area contributed by atoms with Crippen molar-refractivity contribution in [2.24, 2.45) is 5.92 Å². The molecule has 3 aromatic rings. The second kappa shape index (κ2) is 15.4. The highest BCUT2D eigenvalue weighted by Gasteiger charge is 2.27. The van der Waals surface area contributed by atoms with E-state index < -0.39 is 5.92 Å². The first-order valence-electron chi connectivity index (χ1n) is 12.7. The lowest BCUT2D eigenvalue weighted by molar-refractivity contribution is -0.129. The van der Waals surface area contributed by atoms with Gasteiger partial charge in [0.1, 0.15) is 5.92 Å². The molecule has 0 aliphatic rings. The van der Waals surface area contributed by atoms with Crippen molar-refractivity contribution in [2.45, 2.75) is 55.7 Å². The molecule has 2 N–H and O–H groups in total. The van der Waals surface area contributed by atoms with Gasteiger partial charge < -0.3 is 10.6 Å². The lowest BCUT2D eigenvalue weighted by Crippen LogP contribution is -2.35. The zero-order valence-electron chi connectivity index (χ0n) is 21.2. The van der Waals surface area contributed by atoms with E-state index in [-0.39, 0.29) is 11.8 Å². The van der Waals surface area contributed by atoms with Gasteiger partial charge in [-0.25, -0.2) is 0 Å². The van der Waals surface area contributed by atoms with Gasteiger partial charge in [-0.3, -0.25) is 9.59 Å². The Balaban J connectivity index is 1.67. The molecule has 6 heteroatoms. The molecule has 0 atom stereocenters. The van der Waals surface area contributed by atoms with Crippen molar-refractivity contribution in [1.82, 2.24) is 0 Å². The molecule has 3 rings (SSSR count). The largest absolute Gasteiger partial charge is 0.325 e. The number of hydrogen-bond donors (Lipinski definition) is 2. The first-order valence-corrected chi connectivity index (χ1v) is 14.7. The third-order valence-electron chi connectivity index (χ3n) is 5.69. The van der Waals surface area contributed by atoms with E-state index in [4.69, 9.17) is 0 Å². The molecule has 0 unspecified atom stereocenters. The predicted octanol–water partition coefficient (Wildman–Crippen LogP) is 7.91. The van der Waals surface area contributed by atoms with E-state index in [1.54, 1.807) is 0 Å². The Morgan fingerprint density at radius 2 is 1.11 bits per heavy atom. The van der Waals surface area contributed by atoms with Gasteiger partial charge in [0.15, 0.2) is 0 Å². The lowest BCUT2D eigenvalue weighted by Gasteiger charge is -2.17. The molecule has 0 spiro atoms. The standard InChI is InChI=1S/C30H36N2O2S2/c1-3-5-20-35-26-16-12-24(13-17-26)31-29(33)28(22-23-10-8-7-9-11-23)30(34)32-25-14-18-27(19-15-25)36-21-6-4-2/h7-19,28H,3-6,20-22H2,1-2H3,(H,31,33)(H,32,34). The molecule has 0 saturated carbocycles. The van der Waals surface area contributed by atoms with Crippen LogP contribution in [0.2, 0.25) is 0 Å². The Bertz CT molecular complexity index is 1000. The number of benzene rings is 3. The van der Waals surface area contributed by atoms with Gasteiger partial charge in [-0.15, -0.1) is 23.5 Å². The Kier molecular flexibility index (Phi) is 11.9. The van der Waals surface area contributed by atoms with Crippen LogP contribution in [0.15, 0.2) is 88.7 Å². The number of carbonyl (C=O) groups is 2. The van der Waals surface area contributed by atoms with Crippen LogP contribution in [0.1, 0.15) is 45.1 Å². The summed E-state index contributed by atoms with van der Waals surface area (Å²) in [6.45, 7) is 4.37. The Morgan fingerprint density at radius 3 is 1.53 bits per heavy atom. The summed E-state index contributed by atoms with van der Waals surface area (Å²) < 4.78 is 0. The van der Waals surface area contributed by atoms with Crippen LogP contribution in [0, 0.1) is 5.92 Å². The fraction of sp³-hybridized carbons (Fsp3) is 0.333. The van der Waals surface area contributed by atoms with Crippen LogP contribution in [-0.4, -0.2) is 23.3 Å². The van der Waals surface area contributed by atoms with Crippen molar-refractivity contribution >= 4 is 46.7 Å². The molecule has 0 fully saturated rings. The highest BCUT2D eigenvalue weighted by atomic mass is 32.2. The highest BCUT2D eigenvalue weighted by Crippen LogP contribution is 2.24. The van der Waals surface area contributed by atoms with Crippen molar-refractivity contribution in [2.75, 3.05) is 22.1 Å². The summed E-state index contributed by atoms with van der Waals surface area (Å²) in [7, 11) is 0. The van der Waals surface area contributed by atoms with Gasteiger partial charge in [-0.2, -0.15) is 0 Å². The maximum absolute atomic E-state index is 13.3. The van der Waals surface area contributed by atoms with Crippen molar-refractivity contribution in [3.05, 3.63) is 84.4 Å². The van der Waals surface area contributed by atoms with E-state index in [9.17, 15) is 9.59 Å². The average molecular weight is 521 g/mol. The van der Waals surface area contributed by atoms with E-state index in [0.717, 1.165) is 17.1 Å². The minimum absolute atomic E-state index is 0.311. The summed E-state index contributed by atoms with van der Waals surface area (Å²) in [5.41, 5.74) is 2.33. The normalized spacial score (nSPS) is 10.9. The van der Waals surface area contributed by atoms with Gasteiger partial charge in [-0.1, -0.05) is 57.0 Å². The first-order chi connectivity index (χ1) is 17.6. The molecule has 4 nitrogen and oxygen atoms in total. The topological polar surface area (TPSA) is 58.2 Å². The van der Waals surface area contributed by atoms with E-state index in [2.05, 4.69) is 24.5 Å². The van der Waals surface area contributed by atoms with Crippen LogP contribution in [0.3, 0.4) is 0 Å². The maximum atomic E-state index is 13.3. The quantitative estimate of drug-likeness (QED) is 0.129. The monoisotopic (exact) mass is 520 g/mol.